The average molecular weight is 501 g/mol. The quantitative estimate of drug-likeness (QED) is 0.501. The van der Waals surface area contributed by atoms with E-state index < -0.39 is 17.6 Å². The number of hydrogen-bond acceptors (Lipinski definition) is 6. The molecule has 1 spiro atoms. The summed E-state index contributed by atoms with van der Waals surface area (Å²) in [5, 5.41) is 12.1. The third-order valence-electron chi connectivity index (χ3n) is 7.04. The van der Waals surface area contributed by atoms with E-state index in [1.165, 1.54) is 7.11 Å². The second-order valence-electron chi connectivity index (χ2n) is 9.61. The van der Waals surface area contributed by atoms with E-state index in [4.69, 9.17) is 9.47 Å². The van der Waals surface area contributed by atoms with E-state index in [9.17, 15) is 14.4 Å². The van der Waals surface area contributed by atoms with Crippen LogP contribution in [-0.4, -0.2) is 68.8 Å². The van der Waals surface area contributed by atoms with Gasteiger partial charge in [0, 0.05) is 25.8 Å². The molecule has 1 aromatic rings. The Bertz CT molecular complexity index is 928. The molecule has 3 rings (SSSR count). The van der Waals surface area contributed by atoms with Crippen LogP contribution in [-0.2, 0) is 19.1 Å². The van der Waals surface area contributed by atoms with Crippen molar-refractivity contribution in [3.8, 4) is 5.75 Å². The zero-order chi connectivity index (χ0) is 26.0. The van der Waals surface area contributed by atoms with Gasteiger partial charge in [-0.3, -0.25) is 14.4 Å². The van der Waals surface area contributed by atoms with Crippen LogP contribution in [0.1, 0.15) is 51.5 Å². The van der Waals surface area contributed by atoms with Crippen molar-refractivity contribution in [1.29, 1.82) is 0 Å². The van der Waals surface area contributed by atoms with Crippen LogP contribution in [0, 0.1) is 5.92 Å². The van der Waals surface area contributed by atoms with Gasteiger partial charge in [0.25, 0.3) is 0 Å². The number of ether oxygens (including phenoxy) is 2. The predicted molar refractivity (Wildman–Crippen MR) is 138 cm³/mol. The number of hydrogen-bond donors (Lipinski definition) is 4. The van der Waals surface area contributed by atoms with Gasteiger partial charge in [-0.15, -0.1) is 0 Å². The monoisotopic (exact) mass is 500 g/mol. The molecular formula is C27H40N4O5. The van der Waals surface area contributed by atoms with Crippen LogP contribution >= 0.6 is 0 Å². The van der Waals surface area contributed by atoms with E-state index >= 15 is 0 Å². The molecule has 1 aromatic carbocycles. The molecule has 0 aromatic heterocycles. The number of benzene rings is 1. The molecule has 1 saturated carbocycles. The number of carbonyl (C=O) groups excluding carboxylic acids is 3. The first kappa shape index (κ1) is 27.7. The van der Waals surface area contributed by atoms with Crippen molar-refractivity contribution in [2.75, 3.05) is 33.4 Å². The molecule has 3 amide bonds. The summed E-state index contributed by atoms with van der Waals surface area (Å²) in [6, 6.07) is 6.30. The minimum Gasteiger partial charge on any atom is -0.492 e. The van der Waals surface area contributed by atoms with E-state index in [0.717, 1.165) is 30.6 Å². The Kier molecular flexibility index (Phi) is 10.3. The lowest BCUT2D eigenvalue weighted by Gasteiger charge is -2.34. The van der Waals surface area contributed by atoms with E-state index in [2.05, 4.69) is 21.3 Å². The fourth-order valence-electron chi connectivity index (χ4n) is 4.73. The van der Waals surface area contributed by atoms with Crippen LogP contribution in [0.5, 0.6) is 5.75 Å². The second kappa shape index (κ2) is 13.4. The molecular weight excluding hydrogens is 460 g/mol. The first-order valence-electron chi connectivity index (χ1n) is 12.9. The third-order valence-corrected chi connectivity index (χ3v) is 7.04. The Morgan fingerprint density at radius 2 is 1.89 bits per heavy atom. The van der Waals surface area contributed by atoms with Crippen molar-refractivity contribution in [1.82, 2.24) is 21.3 Å². The Morgan fingerprint density at radius 3 is 2.61 bits per heavy atom. The van der Waals surface area contributed by atoms with Crippen LogP contribution in [0.15, 0.2) is 30.3 Å². The van der Waals surface area contributed by atoms with Gasteiger partial charge in [-0.05, 0) is 24.8 Å². The average Bonchev–Trinajstić information content (AvgIpc) is 3.35. The molecule has 1 aliphatic carbocycles. The van der Waals surface area contributed by atoms with Gasteiger partial charge in [0.05, 0.1) is 12.6 Å². The van der Waals surface area contributed by atoms with Gasteiger partial charge in [-0.2, -0.15) is 0 Å². The van der Waals surface area contributed by atoms with Crippen LogP contribution < -0.4 is 26.0 Å². The SMILES string of the molecule is CCC(C)C1NCCOc2ccccc2/C=C\CNC(=O)C(COC)NC(=O)C2(CCCC2)NC1=O. The van der Waals surface area contributed by atoms with Gasteiger partial charge in [0.15, 0.2) is 0 Å². The predicted octanol–water partition coefficient (Wildman–Crippen LogP) is 1.77. The van der Waals surface area contributed by atoms with Gasteiger partial charge in [-0.1, -0.05) is 63.5 Å². The number of carbonyl (C=O) groups is 3. The molecule has 36 heavy (non-hydrogen) atoms. The minimum atomic E-state index is -1.04. The lowest BCUT2D eigenvalue weighted by Crippen LogP contribution is -2.64. The summed E-state index contributed by atoms with van der Waals surface area (Å²) in [5.74, 6) is -0.124. The van der Waals surface area contributed by atoms with Gasteiger partial charge in [0.1, 0.15) is 23.9 Å². The molecule has 0 bridgehead atoms. The molecule has 4 N–H and O–H groups in total. The van der Waals surface area contributed by atoms with E-state index in [-0.39, 0.29) is 36.8 Å². The maximum atomic E-state index is 13.5. The molecule has 0 radical (unpaired) electrons. The standard InChI is InChI=1S/C27H40N4O5/c1-4-19(2)23-25(33)31-27(13-7-8-14-27)26(34)30-21(18-35-3)24(32)29-15-9-11-20-10-5-6-12-22(20)36-17-16-28-23/h5-6,9-12,19,21,23,28H,4,7-8,13-18H2,1-3H3,(H,29,32)(H,30,34)(H,31,33)/b11-9-. The number of amides is 3. The summed E-state index contributed by atoms with van der Waals surface area (Å²) in [6.45, 7) is 5.22. The van der Waals surface area contributed by atoms with Gasteiger partial charge in [0.2, 0.25) is 17.7 Å². The Hall–Kier alpha value is -2.91. The summed E-state index contributed by atoms with van der Waals surface area (Å²) >= 11 is 0. The number of rotatable bonds is 4. The van der Waals surface area contributed by atoms with Crippen LogP contribution in [0.25, 0.3) is 6.08 Å². The van der Waals surface area contributed by atoms with E-state index in [1.54, 1.807) is 0 Å². The highest BCUT2D eigenvalue weighted by Crippen LogP contribution is 2.30. The molecule has 1 aliphatic heterocycles. The third kappa shape index (κ3) is 7.07. The van der Waals surface area contributed by atoms with Crippen molar-refractivity contribution in [3.63, 3.8) is 0 Å². The number of fused-ring (bicyclic) bond motifs is 1. The fourth-order valence-corrected chi connectivity index (χ4v) is 4.73. The van der Waals surface area contributed by atoms with Crippen molar-refractivity contribution in [2.45, 2.75) is 63.6 Å². The van der Waals surface area contributed by atoms with E-state index in [0.29, 0.717) is 26.0 Å². The van der Waals surface area contributed by atoms with Crippen molar-refractivity contribution in [3.05, 3.63) is 35.9 Å². The van der Waals surface area contributed by atoms with E-state index in [1.807, 2.05) is 50.3 Å². The van der Waals surface area contributed by atoms with Crippen LogP contribution in [0.3, 0.4) is 0 Å². The summed E-state index contributed by atoms with van der Waals surface area (Å²) in [6.07, 6.45) is 7.24. The summed E-state index contributed by atoms with van der Waals surface area (Å²) in [5.41, 5.74) is -0.161. The molecule has 1 heterocycles. The first-order chi connectivity index (χ1) is 17.4. The molecule has 0 saturated heterocycles. The number of methoxy groups -OCH3 is 1. The molecule has 2 aliphatic rings. The highest BCUT2D eigenvalue weighted by molar-refractivity contribution is 5.96. The van der Waals surface area contributed by atoms with Gasteiger partial charge >= 0.3 is 0 Å². The zero-order valence-corrected chi connectivity index (χ0v) is 21.6. The van der Waals surface area contributed by atoms with Crippen LogP contribution in [0.2, 0.25) is 0 Å². The first-order valence-corrected chi connectivity index (χ1v) is 12.9. The lowest BCUT2D eigenvalue weighted by molar-refractivity contribution is -0.137. The van der Waals surface area contributed by atoms with Crippen molar-refractivity contribution >= 4 is 23.8 Å². The molecule has 198 valence electrons. The molecule has 9 nitrogen and oxygen atoms in total. The minimum absolute atomic E-state index is 0.0268. The number of para-hydroxylation sites is 1. The molecule has 9 heteroatoms. The molecule has 3 unspecified atom stereocenters. The highest BCUT2D eigenvalue weighted by atomic mass is 16.5. The normalized spacial score (nSPS) is 25.4. The lowest BCUT2D eigenvalue weighted by atomic mass is 9.92. The second-order valence-corrected chi connectivity index (χ2v) is 9.61. The topological polar surface area (TPSA) is 118 Å². The maximum Gasteiger partial charge on any atom is 0.246 e. The maximum absolute atomic E-state index is 13.5. The van der Waals surface area contributed by atoms with Crippen LogP contribution in [0.4, 0.5) is 0 Å². The fraction of sp³-hybridized carbons (Fsp3) is 0.593. The van der Waals surface area contributed by atoms with Gasteiger partial charge in [-0.25, -0.2) is 0 Å². The smallest absolute Gasteiger partial charge is 0.246 e. The van der Waals surface area contributed by atoms with Crippen molar-refractivity contribution < 1.29 is 23.9 Å². The van der Waals surface area contributed by atoms with Gasteiger partial charge < -0.3 is 30.7 Å². The molecule has 3 atom stereocenters. The Labute approximate surface area is 213 Å². The number of nitrogens with one attached hydrogen (secondary N) is 4. The summed E-state index contributed by atoms with van der Waals surface area (Å²) in [7, 11) is 1.48. The summed E-state index contributed by atoms with van der Waals surface area (Å²) < 4.78 is 11.2. The largest absolute Gasteiger partial charge is 0.492 e. The Morgan fingerprint density at radius 1 is 1.14 bits per heavy atom. The zero-order valence-electron chi connectivity index (χ0n) is 21.6. The molecule has 1 fully saturated rings. The highest BCUT2D eigenvalue weighted by Gasteiger charge is 2.45. The summed E-state index contributed by atoms with van der Waals surface area (Å²) in [4.78, 5) is 39.8. The Balaban J connectivity index is 1.88. The van der Waals surface area contributed by atoms with Crippen molar-refractivity contribution in [2.24, 2.45) is 5.92 Å².